The smallest absolute Gasteiger partial charge is 0.00979 e. The maximum Gasteiger partial charge on any atom is 0.00979 e. The predicted molar refractivity (Wildman–Crippen MR) is 71.9 cm³/mol. The van der Waals surface area contributed by atoms with Gasteiger partial charge in [0.2, 0.25) is 0 Å². The quantitative estimate of drug-likeness (QED) is 0.640. The lowest BCUT2D eigenvalue weighted by molar-refractivity contribution is 0.145. The van der Waals surface area contributed by atoms with E-state index in [4.69, 9.17) is 0 Å². The second-order valence-electron chi connectivity index (χ2n) is 5.11. The van der Waals surface area contributed by atoms with Gasteiger partial charge in [0.05, 0.1) is 0 Å². The molecule has 0 aromatic heterocycles. The molecule has 2 nitrogen and oxygen atoms in total. The predicted octanol–water partition coefficient (Wildman–Crippen LogP) is 3.03. The fourth-order valence-corrected chi connectivity index (χ4v) is 3.03. The van der Waals surface area contributed by atoms with Gasteiger partial charge in [0.25, 0.3) is 0 Å². The molecule has 0 heterocycles. The summed E-state index contributed by atoms with van der Waals surface area (Å²) in [4.78, 5) is 2.74. The second kappa shape index (κ2) is 8.08. The van der Waals surface area contributed by atoms with Gasteiger partial charge in [-0.3, -0.25) is 4.90 Å². The molecule has 1 N–H and O–H groups in total. The van der Waals surface area contributed by atoms with Crippen molar-refractivity contribution in [2.45, 2.75) is 71.4 Å². The van der Waals surface area contributed by atoms with Crippen LogP contribution in [-0.2, 0) is 0 Å². The summed E-state index contributed by atoms with van der Waals surface area (Å²) in [6.45, 7) is 10.4. The van der Waals surface area contributed by atoms with E-state index in [0.29, 0.717) is 0 Å². The Bertz CT molecular complexity index is 164. The molecule has 1 saturated carbocycles. The highest BCUT2D eigenvalue weighted by Crippen LogP contribution is 2.25. The first-order chi connectivity index (χ1) is 7.79. The molecule has 1 aliphatic rings. The molecule has 1 fully saturated rings. The van der Waals surface area contributed by atoms with Gasteiger partial charge in [-0.1, -0.05) is 26.7 Å². The number of nitrogens with zero attached hydrogens (tertiary/aromatic N) is 1. The lowest BCUT2D eigenvalue weighted by Gasteiger charge is -2.33. The average molecular weight is 226 g/mol. The maximum absolute atomic E-state index is 3.41. The number of hydrogen-bond acceptors (Lipinski definition) is 2. The van der Waals surface area contributed by atoms with Crippen LogP contribution in [0.25, 0.3) is 0 Å². The molecule has 0 aliphatic heterocycles. The van der Waals surface area contributed by atoms with Crippen molar-refractivity contribution in [3.8, 4) is 0 Å². The second-order valence-corrected chi connectivity index (χ2v) is 5.11. The maximum atomic E-state index is 3.41. The van der Waals surface area contributed by atoms with Crippen molar-refractivity contribution in [3.05, 3.63) is 0 Å². The van der Waals surface area contributed by atoms with Crippen molar-refractivity contribution in [2.24, 2.45) is 0 Å². The van der Waals surface area contributed by atoms with E-state index in [0.717, 1.165) is 18.6 Å². The zero-order chi connectivity index (χ0) is 11.8. The molecule has 1 aliphatic carbocycles. The van der Waals surface area contributed by atoms with Gasteiger partial charge in [0, 0.05) is 12.1 Å². The van der Waals surface area contributed by atoms with E-state index >= 15 is 0 Å². The first kappa shape index (κ1) is 14.0. The van der Waals surface area contributed by atoms with E-state index in [-0.39, 0.29) is 0 Å². The Morgan fingerprint density at radius 2 is 1.94 bits per heavy atom. The zero-order valence-electron chi connectivity index (χ0n) is 11.5. The van der Waals surface area contributed by atoms with Crippen LogP contribution in [0.2, 0.25) is 0 Å². The third kappa shape index (κ3) is 4.42. The Morgan fingerprint density at radius 1 is 1.25 bits per heavy atom. The summed E-state index contributed by atoms with van der Waals surface area (Å²) in [6, 6.07) is 1.66. The molecule has 1 atom stereocenters. The SMILES string of the molecule is CCNCCCC(C)N(CC)C1CCCC1. The summed E-state index contributed by atoms with van der Waals surface area (Å²) in [5.41, 5.74) is 0. The summed E-state index contributed by atoms with van der Waals surface area (Å²) < 4.78 is 0. The van der Waals surface area contributed by atoms with Crippen LogP contribution in [0.4, 0.5) is 0 Å². The van der Waals surface area contributed by atoms with Crippen LogP contribution in [0.5, 0.6) is 0 Å². The van der Waals surface area contributed by atoms with Gasteiger partial charge in [0.1, 0.15) is 0 Å². The van der Waals surface area contributed by atoms with Crippen molar-refractivity contribution in [1.82, 2.24) is 10.2 Å². The molecule has 0 aromatic rings. The van der Waals surface area contributed by atoms with E-state index < -0.39 is 0 Å². The van der Waals surface area contributed by atoms with Crippen molar-refractivity contribution in [3.63, 3.8) is 0 Å². The highest BCUT2D eigenvalue weighted by molar-refractivity contribution is 4.80. The Morgan fingerprint density at radius 3 is 2.50 bits per heavy atom. The Balaban J connectivity index is 2.22. The minimum absolute atomic E-state index is 0.770. The Labute approximate surface area is 102 Å². The molecule has 0 aromatic carbocycles. The van der Waals surface area contributed by atoms with E-state index in [1.807, 2.05) is 0 Å². The largest absolute Gasteiger partial charge is 0.317 e. The molecule has 1 unspecified atom stereocenters. The number of nitrogens with one attached hydrogen (secondary N) is 1. The lowest BCUT2D eigenvalue weighted by Crippen LogP contribution is -2.40. The molecule has 16 heavy (non-hydrogen) atoms. The van der Waals surface area contributed by atoms with Crippen molar-refractivity contribution >= 4 is 0 Å². The fraction of sp³-hybridized carbons (Fsp3) is 1.00. The average Bonchev–Trinajstić information content (AvgIpc) is 2.79. The normalized spacial score (nSPS) is 19.5. The third-order valence-electron chi connectivity index (χ3n) is 3.95. The molecule has 0 spiro atoms. The van der Waals surface area contributed by atoms with Gasteiger partial charge in [-0.25, -0.2) is 0 Å². The summed E-state index contributed by atoms with van der Waals surface area (Å²) in [6.07, 6.45) is 8.43. The van der Waals surface area contributed by atoms with Crippen LogP contribution in [0.1, 0.15) is 59.3 Å². The highest BCUT2D eigenvalue weighted by Gasteiger charge is 2.24. The number of rotatable bonds is 8. The van der Waals surface area contributed by atoms with Gasteiger partial charge in [-0.2, -0.15) is 0 Å². The summed E-state index contributed by atoms with van der Waals surface area (Å²) in [7, 11) is 0. The summed E-state index contributed by atoms with van der Waals surface area (Å²) in [5, 5.41) is 3.41. The van der Waals surface area contributed by atoms with Crippen LogP contribution in [0, 0.1) is 0 Å². The van der Waals surface area contributed by atoms with Gasteiger partial charge < -0.3 is 5.32 Å². The van der Waals surface area contributed by atoms with E-state index in [1.54, 1.807) is 0 Å². The zero-order valence-corrected chi connectivity index (χ0v) is 11.5. The Kier molecular flexibility index (Phi) is 7.06. The minimum Gasteiger partial charge on any atom is -0.317 e. The summed E-state index contributed by atoms with van der Waals surface area (Å²) >= 11 is 0. The van der Waals surface area contributed by atoms with E-state index in [1.165, 1.54) is 51.6 Å². The van der Waals surface area contributed by atoms with Crippen LogP contribution in [0.3, 0.4) is 0 Å². The third-order valence-corrected chi connectivity index (χ3v) is 3.95. The highest BCUT2D eigenvalue weighted by atomic mass is 15.2. The Hall–Kier alpha value is -0.0800. The number of hydrogen-bond donors (Lipinski definition) is 1. The van der Waals surface area contributed by atoms with Crippen LogP contribution in [0.15, 0.2) is 0 Å². The van der Waals surface area contributed by atoms with Gasteiger partial charge in [-0.05, 0) is 52.2 Å². The molecular formula is C14H30N2. The minimum atomic E-state index is 0.770. The topological polar surface area (TPSA) is 15.3 Å². The van der Waals surface area contributed by atoms with Gasteiger partial charge in [0.15, 0.2) is 0 Å². The molecule has 0 saturated heterocycles. The standard InChI is InChI=1S/C14H30N2/c1-4-15-12-8-9-13(3)16(5-2)14-10-6-7-11-14/h13-15H,4-12H2,1-3H3. The van der Waals surface area contributed by atoms with Crippen molar-refractivity contribution in [2.75, 3.05) is 19.6 Å². The van der Waals surface area contributed by atoms with E-state index in [2.05, 4.69) is 31.0 Å². The lowest BCUT2D eigenvalue weighted by atomic mass is 10.1. The molecule has 96 valence electrons. The van der Waals surface area contributed by atoms with Gasteiger partial charge in [-0.15, -0.1) is 0 Å². The van der Waals surface area contributed by atoms with E-state index in [9.17, 15) is 0 Å². The summed E-state index contributed by atoms with van der Waals surface area (Å²) in [5.74, 6) is 0. The molecule has 2 heteroatoms. The first-order valence-corrected chi connectivity index (χ1v) is 7.26. The van der Waals surface area contributed by atoms with Crippen LogP contribution in [-0.4, -0.2) is 36.6 Å². The molecule has 0 bridgehead atoms. The fourth-order valence-electron chi connectivity index (χ4n) is 3.03. The van der Waals surface area contributed by atoms with Crippen LogP contribution < -0.4 is 5.32 Å². The monoisotopic (exact) mass is 226 g/mol. The van der Waals surface area contributed by atoms with Gasteiger partial charge >= 0.3 is 0 Å². The van der Waals surface area contributed by atoms with Crippen LogP contribution >= 0.6 is 0 Å². The molecular weight excluding hydrogens is 196 g/mol. The molecule has 0 radical (unpaired) electrons. The van der Waals surface area contributed by atoms with Crippen molar-refractivity contribution in [1.29, 1.82) is 0 Å². The molecule has 0 amide bonds. The molecule has 1 rings (SSSR count). The first-order valence-electron chi connectivity index (χ1n) is 7.26. The van der Waals surface area contributed by atoms with Crippen molar-refractivity contribution < 1.29 is 0 Å².